The molecule has 0 unspecified atom stereocenters. The molecule has 2 rings (SSSR count). The average Bonchev–Trinajstić information content (AvgIpc) is 2.07. The van der Waals surface area contributed by atoms with E-state index in [0.29, 0.717) is 5.69 Å². The van der Waals surface area contributed by atoms with Gasteiger partial charge in [0.25, 0.3) is 5.91 Å². The van der Waals surface area contributed by atoms with Crippen LogP contribution in [0.2, 0.25) is 0 Å². The van der Waals surface area contributed by atoms with Crippen LogP contribution in [-0.4, -0.2) is 12.5 Å². The number of hydrogen-bond donors (Lipinski definition) is 2. The summed E-state index contributed by atoms with van der Waals surface area (Å²) in [5.41, 5.74) is 9.32. The summed E-state index contributed by atoms with van der Waals surface area (Å²) in [6, 6.07) is 3.66. The summed E-state index contributed by atoms with van der Waals surface area (Å²) in [5.74, 6) is -0.00310. The van der Waals surface area contributed by atoms with Crippen LogP contribution in [0.25, 0.3) is 0 Å². The topological polar surface area (TPSA) is 55.1 Å². The molecule has 1 aliphatic heterocycles. The Hall–Kier alpha value is -1.51. The molecular weight excluding hydrogens is 164 g/mol. The van der Waals surface area contributed by atoms with Gasteiger partial charge in [0, 0.05) is 17.8 Å². The molecule has 0 atom stereocenters. The summed E-state index contributed by atoms with van der Waals surface area (Å²) < 4.78 is 0. The molecule has 0 bridgehead atoms. The van der Waals surface area contributed by atoms with E-state index in [0.717, 1.165) is 29.7 Å². The van der Waals surface area contributed by atoms with Crippen LogP contribution in [0, 0.1) is 6.92 Å². The Morgan fingerprint density at radius 1 is 1.46 bits per heavy atom. The standard InChI is InChI=1S/C10H12N2O/c1-6-4-7(11)5-9-8(6)2-3-12-10(9)13/h4-5H,2-3,11H2,1H3,(H,12,13). The Morgan fingerprint density at radius 3 is 3.00 bits per heavy atom. The van der Waals surface area contributed by atoms with E-state index in [9.17, 15) is 4.79 Å². The number of carbonyl (C=O) groups is 1. The largest absolute Gasteiger partial charge is 0.399 e. The Morgan fingerprint density at radius 2 is 2.23 bits per heavy atom. The molecule has 1 amide bonds. The highest BCUT2D eigenvalue weighted by Crippen LogP contribution is 2.21. The lowest BCUT2D eigenvalue weighted by atomic mass is 9.95. The normalized spacial score (nSPS) is 15.0. The van der Waals surface area contributed by atoms with Crippen LogP contribution in [0.3, 0.4) is 0 Å². The van der Waals surface area contributed by atoms with Crippen molar-refractivity contribution in [2.45, 2.75) is 13.3 Å². The number of anilines is 1. The molecule has 3 heteroatoms. The van der Waals surface area contributed by atoms with E-state index < -0.39 is 0 Å². The van der Waals surface area contributed by atoms with Gasteiger partial charge in [-0.05, 0) is 36.6 Å². The summed E-state index contributed by atoms with van der Waals surface area (Å²) in [6.07, 6.45) is 0.910. The Balaban J connectivity index is 2.63. The smallest absolute Gasteiger partial charge is 0.251 e. The van der Waals surface area contributed by atoms with E-state index in [1.165, 1.54) is 0 Å². The van der Waals surface area contributed by atoms with Gasteiger partial charge >= 0.3 is 0 Å². The highest BCUT2D eigenvalue weighted by molar-refractivity contribution is 5.97. The van der Waals surface area contributed by atoms with Crippen molar-refractivity contribution in [3.63, 3.8) is 0 Å². The van der Waals surface area contributed by atoms with Crippen molar-refractivity contribution >= 4 is 11.6 Å². The number of carbonyl (C=O) groups excluding carboxylic acids is 1. The Labute approximate surface area is 76.9 Å². The third kappa shape index (κ3) is 1.26. The molecule has 1 aromatic carbocycles. The first-order valence-electron chi connectivity index (χ1n) is 4.35. The number of nitrogens with two attached hydrogens (primary N) is 1. The summed E-state index contributed by atoms with van der Waals surface area (Å²) in [7, 11) is 0. The number of hydrogen-bond acceptors (Lipinski definition) is 2. The Bertz CT molecular complexity index is 371. The first-order chi connectivity index (χ1) is 6.18. The monoisotopic (exact) mass is 176 g/mol. The van der Waals surface area contributed by atoms with Gasteiger partial charge in [0.2, 0.25) is 0 Å². The van der Waals surface area contributed by atoms with Gasteiger partial charge in [0.1, 0.15) is 0 Å². The van der Waals surface area contributed by atoms with Gasteiger partial charge in [-0.15, -0.1) is 0 Å². The van der Waals surface area contributed by atoms with Crippen LogP contribution < -0.4 is 11.1 Å². The minimum atomic E-state index is -0.00310. The first-order valence-corrected chi connectivity index (χ1v) is 4.35. The second kappa shape index (κ2) is 2.76. The summed E-state index contributed by atoms with van der Waals surface area (Å²) in [4.78, 5) is 11.4. The number of nitrogen functional groups attached to an aromatic ring is 1. The molecule has 13 heavy (non-hydrogen) atoms. The number of benzene rings is 1. The molecule has 0 spiro atoms. The van der Waals surface area contributed by atoms with E-state index >= 15 is 0 Å². The second-order valence-electron chi connectivity index (χ2n) is 3.37. The molecule has 0 saturated heterocycles. The second-order valence-corrected chi connectivity index (χ2v) is 3.37. The molecule has 0 fully saturated rings. The molecule has 0 aliphatic carbocycles. The van der Waals surface area contributed by atoms with Gasteiger partial charge < -0.3 is 11.1 Å². The van der Waals surface area contributed by atoms with Crippen molar-refractivity contribution in [3.8, 4) is 0 Å². The van der Waals surface area contributed by atoms with Crippen LogP contribution in [0.15, 0.2) is 12.1 Å². The molecule has 0 saturated carbocycles. The van der Waals surface area contributed by atoms with E-state index in [2.05, 4.69) is 5.32 Å². The summed E-state index contributed by atoms with van der Waals surface area (Å²) >= 11 is 0. The number of aryl methyl sites for hydroxylation is 1. The van der Waals surface area contributed by atoms with Crippen LogP contribution >= 0.6 is 0 Å². The maximum absolute atomic E-state index is 11.4. The highest BCUT2D eigenvalue weighted by atomic mass is 16.1. The third-order valence-corrected chi connectivity index (χ3v) is 2.40. The summed E-state index contributed by atoms with van der Waals surface area (Å²) in [5, 5.41) is 2.80. The van der Waals surface area contributed by atoms with E-state index in [4.69, 9.17) is 5.73 Å². The van der Waals surface area contributed by atoms with Crippen molar-refractivity contribution in [3.05, 3.63) is 28.8 Å². The predicted molar refractivity (Wildman–Crippen MR) is 51.6 cm³/mol. The van der Waals surface area contributed by atoms with E-state index in [1.54, 1.807) is 6.07 Å². The zero-order valence-corrected chi connectivity index (χ0v) is 7.55. The predicted octanol–water partition coefficient (Wildman–Crippen LogP) is 0.863. The quantitative estimate of drug-likeness (QED) is 0.576. The van der Waals surface area contributed by atoms with Gasteiger partial charge in [-0.1, -0.05) is 0 Å². The molecule has 0 radical (unpaired) electrons. The van der Waals surface area contributed by atoms with Crippen molar-refractivity contribution in [2.24, 2.45) is 0 Å². The zero-order chi connectivity index (χ0) is 9.42. The lowest BCUT2D eigenvalue weighted by Gasteiger charge is -2.18. The third-order valence-electron chi connectivity index (χ3n) is 2.40. The lowest BCUT2D eigenvalue weighted by Crippen LogP contribution is -2.32. The zero-order valence-electron chi connectivity index (χ0n) is 7.55. The van der Waals surface area contributed by atoms with Crippen LogP contribution in [-0.2, 0) is 6.42 Å². The fourth-order valence-corrected chi connectivity index (χ4v) is 1.78. The highest BCUT2D eigenvalue weighted by Gasteiger charge is 2.18. The van der Waals surface area contributed by atoms with E-state index in [1.807, 2.05) is 13.0 Å². The fraction of sp³-hybridized carbons (Fsp3) is 0.300. The fourth-order valence-electron chi connectivity index (χ4n) is 1.78. The van der Waals surface area contributed by atoms with Crippen molar-refractivity contribution < 1.29 is 4.79 Å². The van der Waals surface area contributed by atoms with Crippen LogP contribution in [0.1, 0.15) is 21.5 Å². The molecule has 3 N–H and O–H groups in total. The van der Waals surface area contributed by atoms with Gasteiger partial charge in [-0.25, -0.2) is 0 Å². The van der Waals surface area contributed by atoms with Crippen LogP contribution in [0.4, 0.5) is 5.69 Å². The van der Waals surface area contributed by atoms with Crippen molar-refractivity contribution in [1.82, 2.24) is 5.32 Å². The van der Waals surface area contributed by atoms with Gasteiger partial charge in [0.15, 0.2) is 0 Å². The SMILES string of the molecule is Cc1cc(N)cc2c1CCNC2=O. The molecule has 68 valence electrons. The number of amides is 1. The van der Waals surface area contributed by atoms with Crippen LogP contribution in [0.5, 0.6) is 0 Å². The molecule has 1 aliphatic rings. The van der Waals surface area contributed by atoms with E-state index in [-0.39, 0.29) is 5.91 Å². The van der Waals surface area contributed by atoms with Gasteiger partial charge in [0.05, 0.1) is 0 Å². The molecule has 1 heterocycles. The Kier molecular flexibility index (Phi) is 1.72. The minimum Gasteiger partial charge on any atom is -0.399 e. The number of fused-ring (bicyclic) bond motifs is 1. The minimum absolute atomic E-state index is 0.00310. The van der Waals surface area contributed by atoms with Crippen molar-refractivity contribution in [2.75, 3.05) is 12.3 Å². The maximum atomic E-state index is 11.4. The maximum Gasteiger partial charge on any atom is 0.251 e. The molecule has 1 aromatic rings. The number of rotatable bonds is 0. The van der Waals surface area contributed by atoms with Gasteiger partial charge in [-0.3, -0.25) is 4.79 Å². The lowest BCUT2D eigenvalue weighted by molar-refractivity contribution is 0.0946. The average molecular weight is 176 g/mol. The summed E-state index contributed by atoms with van der Waals surface area (Å²) in [6.45, 7) is 2.73. The molecule has 0 aromatic heterocycles. The number of nitrogens with one attached hydrogen (secondary N) is 1. The first kappa shape index (κ1) is 8.10. The molecule has 3 nitrogen and oxygen atoms in total. The molecular formula is C10H12N2O. The van der Waals surface area contributed by atoms with Gasteiger partial charge in [-0.2, -0.15) is 0 Å². The van der Waals surface area contributed by atoms with Crippen molar-refractivity contribution in [1.29, 1.82) is 0 Å².